The van der Waals surface area contributed by atoms with Gasteiger partial charge in [-0.05, 0) is 42.5 Å². The topological polar surface area (TPSA) is 80.5 Å². The molecule has 7 heteroatoms. The van der Waals surface area contributed by atoms with E-state index < -0.39 is 21.7 Å². The summed E-state index contributed by atoms with van der Waals surface area (Å²) < 4.78 is 38.8. The maximum atomic E-state index is 12.9. The number of hydrogen-bond acceptors (Lipinski definition) is 3. The summed E-state index contributed by atoms with van der Waals surface area (Å²) >= 11 is 0. The van der Waals surface area contributed by atoms with E-state index in [1.807, 2.05) is 0 Å². The lowest BCUT2D eigenvalue weighted by molar-refractivity contribution is 0.1000. The van der Waals surface area contributed by atoms with Gasteiger partial charge in [0.1, 0.15) is 5.82 Å². The Hall–Kier alpha value is -2.41. The number of amides is 1. The van der Waals surface area contributed by atoms with Crippen LogP contribution in [0.15, 0.2) is 53.4 Å². The molecule has 2 N–H and O–H groups in total. The summed E-state index contributed by atoms with van der Waals surface area (Å²) in [4.78, 5) is 11.1. The van der Waals surface area contributed by atoms with E-state index in [0.29, 0.717) is 5.69 Å². The number of nitrogens with two attached hydrogens (primary N) is 1. The van der Waals surface area contributed by atoms with Gasteiger partial charge >= 0.3 is 0 Å². The summed E-state index contributed by atoms with van der Waals surface area (Å²) in [5.74, 6) is -1.17. The van der Waals surface area contributed by atoms with Crippen molar-refractivity contribution in [2.24, 2.45) is 5.73 Å². The first kappa shape index (κ1) is 15.0. The molecular weight excluding hydrogens is 295 g/mol. The third-order valence-electron chi connectivity index (χ3n) is 2.97. The Morgan fingerprint density at radius 2 is 1.76 bits per heavy atom. The molecular formula is C14H13FN2O3S. The molecule has 2 aromatic carbocycles. The second-order valence-electron chi connectivity index (χ2n) is 4.34. The standard InChI is InChI=1S/C14H13FN2O3S/c1-17(12-7-5-11(15)6-8-12)21(19,20)13-4-2-3-10(9-13)14(16)18/h2-9H,1H3,(H2,16,18). The fourth-order valence-electron chi connectivity index (χ4n) is 1.76. The molecule has 0 spiro atoms. The van der Waals surface area contributed by atoms with Crippen molar-refractivity contribution in [3.05, 3.63) is 59.9 Å². The minimum absolute atomic E-state index is 0.0642. The second kappa shape index (κ2) is 5.53. The minimum Gasteiger partial charge on any atom is -0.366 e. The van der Waals surface area contributed by atoms with Crippen LogP contribution < -0.4 is 10.0 Å². The van der Waals surface area contributed by atoms with Crippen LogP contribution in [0.2, 0.25) is 0 Å². The van der Waals surface area contributed by atoms with Gasteiger partial charge in [0.15, 0.2) is 0 Å². The Labute approximate surface area is 121 Å². The van der Waals surface area contributed by atoms with Crippen LogP contribution in [0.1, 0.15) is 10.4 Å². The zero-order valence-electron chi connectivity index (χ0n) is 11.2. The van der Waals surface area contributed by atoms with Crippen LogP contribution in [0.4, 0.5) is 10.1 Å². The summed E-state index contributed by atoms with van der Waals surface area (Å²) in [6.07, 6.45) is 0. The Morgan fingerprint density at radius 3 is 2.33 bits per heavy atom. The highest BCUT2D eigenvalue weighted by atomic mass is 32.2. The molecule has 110 valence electrons. The number of rotatable bonds is 4. The average Bonchev–Trinajstić information content (AvgIpc) is 2.47. The maximum Gasteiger partial charge on any atom is 0.264 e. The van der Waals surface area contributed by atoms with Gasteiger partial charge in [0.05, 0.1) is 10.6 Å². The van der Waals surface area contributed by atoms with Crippen molar-refractivity contribution in [2.45, 2.75) is 4.90 Å². The number of halogens is 1. The van der Waals surface area contributed by atoms with Crippen LogP contribution in [0.3, 0.4) is 0 Å². The molecule has 0 aromatic heterocycles. The van der Waals surface area contributed by atoms with E-state index in [-0.39, 0.29) is 10.5 Å². The van der Waals surface area contributed by atoms with Crippen molar-refractivity contribution in [2.75, 3.05) is 11.4 Å². The third kappa shape index (κ3) is 3.03. The lowest BCUT2D eigenvalue weighted by atomic mass is 10.2. The van der Waals surface area contributed by atoms with Gasteiger partial charge in [-0.2, -0.15) is 0 Å². The minimum atomic E-state index is -3.86. The molecule has 21 heavy (non-hydrogen) atoms. The highest BCUT2D eigenvalue weighted by molar-refractivity contribution is 7.92. The molecule has 0 aliphatic heterocycles. The summed E-state index contributed by atoms with van der Waals surface area (Å²) in [6, 6.07) is 10.5. The van der Waals surface area contributed by atoms with E-state index in [4.69, 9.17) is 5.73 Å². The number of carbonyl (C=O) groups is 1. The maximum absolute atomic E-state index is 12.9. The van der Waals surface area contributed by atoms with E-state index in [9.17, 15) is 17.6 Å². The predicted molar refractivity (Wildman–Crippen MR) is 76.9 cm³/mol. The van der Waals surface area contributed by atoms with E-state index in [0.717, 1.165) is 4.31 Å². The number of nitrogens with zero attached hydrogens (tertiary/aromatic N) is 1. The van der Waals surface area contributed by atoms with Crippen molar-refractivity contribution < 1.29 is 17.6 Å². The van der Waals surface area contributed by atoms with Gasteiger partial charge in [-0.3, -0.25) is 9.10 Å². The van der Waals surface area contributed by atoms with Gasteiger partial charge in [0, 0.05) is 12.6 Å². The molecule has 0 aliphatic rings. The van der Waals surface area contributed by atoms with Crippen LogP contribution in [0.25, 0.3) is 0 Å². The summed E-state index contributed by atoms with van der Waals surface area (Å²) in [7, 11) is -2.51. The van der Waals surface area contributed by atoms with Crippen molar-refractivity contribution in [3.63, 3.8) is 0 Å². The molecule has 0 bridgehead atoms. The highest BCUT2D eigenvalue weighted by Crippen LogP contribution is 2.22. The van der Waals surface area contributed by atoms with Crippen molar-refractivity contribution in [3.8, 4) is 0 Å². The van der Waals surface area contributed by atoms with Crippen LogP contribution in [-0.4, -0.2) is 21.4 Å². The molecule has 0 fully saturated rings. The van der Waals surface area contributed by atoms with E-state index >= 15 is 0 Å². The number of benzene rings is 2. The van der Waals surface area contributed by atoms with Crippen molar-refractivity contribution in [1.29, 1.82) is 0 Å². The quantitative estimate of drug-likeness (QED) is 0.934. The van der Waals surface area contributed by atoms with E-state index in [1.165, 1.54) is 55.6 Å². The van der Waals surface area contributed by atoms with Crippen LogP contribution in [0.5, 0.6) is 0 Å². The number of anilines is 1. The van der Waals surface area contributed by atoms with Crippen molar-refractivity contribution in [1.82, 2.24) is 0 Å². The molecule has 5 nitrogen and oxygen atoms in total. The molecule has 0 unspecified atom stereocenters. The van der Waals surface area contributed by atoms with E-state index in [2.05, 4.69) is 0 Å². The molecule has 0 saturated carbocycles. The molecule has 0 saturated heterocycles. The lowest BCUT2D eigenvalue weighted by Gasteiger charge is -2.19. The first-order valence-electron chi connectivity index (χ1n) is 5.97. The Balaban J connectivity index is 2.44. The van der Waals surface area contributed by atoms with Crippen molar-refractivity contribution >= 4 is 21.6 Å². The average molecular weight is 308 g/mol. The zero-order valence-corrected chi connectivity index (χ0v) is 12.0. The normalized spacial score (nSPS) is 11.1. The van der Waals surface area contributed by atoms with Gasteiger partial charge < -0.3 is 5.73 Å². The first-order chi connectivity index (χ1) is 9.82. The number of carbonyl (C=O) groups excluding carboxylic acids is 1. The van der Waals surface area contributed by atoms with Gasteiger partial charge in [0.25, 0.3) is 10.0 Å². The molecule has 2 aromatic rings. The van der Waals surface area contributed by atoms with Crippen LogP contribution in [-0.2, 0) is 10.0 Å². The molecule has 2 rings (SSSR count). The number of sulfonamides is 1. The SMILES string of the molecule is CN(c1ccc(F)cc1)S(=O)(=O)c1cccc(C(N)=O)c1. The largest absolute Gasteiger partial charge is 0.366 e. The fourth-order valence-corrected chi connectivity index (χ4v) is 3.00. The Morgan fingerprint density at radius 1 is 1.14 bits per heavy atom. The second-order valence-corrected chi connectivity index (χ2v) is 6.31. The van der Waals surface area contributed by atoms with Gasteiger partial charge in [0.2, 0.25) is 5.91 Å². The predicted octanol–water partition coefficient (Wildman–Crippen LogP) is 1.75. The highest BCUT2D eigenvalue weighted by Gasteiger charge is 2.22. The zero-order chi connectivity index (χ0) is 15.6. The Bertz CT molecular complexity index is 773. The summed E-state index contributed by atoms with van der Waals surface area (Å²) in [6.45, 7) is 0. The molecule has 0 aliphatic carbocycles. The first-order valence-corrected chi connectivity index (χ1v) is 7.41. The monoisotopic (exact) mass is 308 g/mol. The van der Waals surface area contributed by atoms with Gasteiger partial charge in [-0.25, -0.2) is 12.8 Å². The summed E-state index contributed by atoms with van der Waals surface area (Å²) in [5.41, 5.74) is 5.55. The third-order valence-corrected chi connectivity index (χ3v) is 4.75. The Kier molecular flexibility index (Phi) is 3.95. The lowest BCUT2D eigenvalue weighted by Crippen LogP contribution is -2.27. The van der Waals surface area contributed by atoms with Gasteiger partial charge in [-0.15, -0.1) is 0 Å². The van der Waals surface area contributed by atoms with Gasteiger partial charge in [-0.1, -0.05) is 6.07 Å². The molecule has 1 amide bonds. The van der Waals surface area contributed by atoms with Crippen LogP contribution in [0, 0.1) is 5.82 Å². The molecule has 0 radical (unpaired) electrons. The molecule has 0 atom stereocenters. The fraction of sp³-hybridized carbons (Fsp3) is 0.0714. The van der Waals surface area contributed by atoms with E-state index in [1.54, 1.807) is 0 Å². The summed E-state index contributed by atoms with van der Waals surface area (Å²) in [5, 5.41) is 0. The number of primary amides is 1. The molecule has 0 heterocycles. The number of hydrogen-bond donors (Lipinski definition) is 1. The van der Waals surface area contributed by atoms with Crippen LogP contribution >= 0.6 is 0 Å². The smallest absolute Gasteiger partial charge is 0.264 e.